The van der Waals surface area contributed by atoms with E-state index in [0.717, 1.165) is 11.8 Å². The van der Waals surface area contributed by atoms with Gasteiger partial charge in [0, 0.05) is 12.7 Å². The first-order chi connectivity index (χ1) is 11.9. The number of rotatable bonds is 12. The Kier molecular flexibility index (Phi) is 10.1. The Hall–Kier alpha value is -1.70. The number of esters is 1. The van der Waals surface area contributed by atoms with Crippen LogP contribution in [0.5, 0.6) is 0 Å². The van der Waals surface area contributed by atoms with Gasteiger partial charge in [0.1, 0.15) is 0 Å². The van der Waals surface area contributed by atoms with Crippen LogP contribution < -0.4 is 0 Å². The Morgan fingerprint density at radius 2 is 1.92 bits per heavy atom. The molecule has 0 aliphatic carbocycles. The monoisotopic (exact) mass is 370 g/mol. The molecule has 0 unspecified atom stereocenters. The fourth-order valence-electron chi connectivity index (χ4n) is 2.12. The molecule has 0 aliphatic heterocycles. The van der Waals surface area contributed by atoms with Gasteiger partial charge < -0.3 is 9.47 Å². The van der Waals surface area contributed by atoms with Gasteiger partial charge in [-0.05, 0) is 31.7 Å². The van der Waals surface area contributed by atoms with Crippen LogP contribution in [0.4, 0.5) is 0 Å². The van der Waals surface area contributed by atoms with Crippen LogP contribution in [0.25, 0.3) is 0 Å². The van der Waals surface area contributed by atoms with Crippen molar-refractivity contribution in [1.82, 2.24) is 0 Å². The summed E-state index contributed by atoms with van der Waals surface area (Å²) in [7, 11) is -3.55. The molecule has 0 heterocycles. The van der Waals surface area contributed by atoms with Crippen LogP contribution in [0.3, 0.4) is 0 Å². The first-order valence-corrected chi connectivity index (χ1v) is 10.1. The van der Waals surface area contributed by atoms with Crippen molar-refractivity contribution in [2.45, 2.75) is 38.9 Å². The normalized spacial score (nSPS) is 13.0. The molecule has 25 heavy (non-hydrogen) atoms. The summed E-state index contributed by atoms with van der Waals surface area (Å²) in [6.07, 6.45) is 4.97. The predicted molar refractivity (Wildman–Crippen MR) is 95.4 cm³/mol. The van der Waals surface area contributed by atoms with Crippen molar-refractivity contribution in [3.63, 3.8) is 0 Å². The molecule has 1 atom stereocenters. The minimum atomic E-state index is -3.55. The molecule has 1 rings (SSSR count). The maximum atomic E-state index is 11.4. The van der Waals surface area contributed by atoms with Gasteiger partial charge in [0.05, 0.1) is 25.6 Å². The number of carbonyl (C=O) groups excluding carboxylic acids is 1. The smallest absolute Gasteiger partial charge is 0.330 e. The summed E-state index contributed by atoms with van der Waals surface area (Å²) in [6.45, 7) is 2.91. The lowest BCUT2D eigenvalue weighted by atomic mass is 10.1. The molecule has 0 aromatic heterocycles. The third kappa shape index (κ3) is 11.5. The van der Waals surface area contributed by atoms with Crippen molar-refractivity contribution in [1.29, 1.82) is 0 Å². The molecule has 0 fully saturated rings. The number of benzene rings is 1. The van der Waals surface area contributed by atoms with E-state index in [1.165, 1.54) is 6.08 Å². The van der Waals surface area contributed by atoms with Crippen molar-refractivity contribution in [3.05, 3.63) is 48.0 Å². The van der Waals surface area contributed by atoms with Gasteiger partial charge in [-0.1, -0.05) is 36.4 Å². The number of allylic oxidation sites excluding steroid dienone is 1. The van der Waals surface area contributed by atoms with E-state index in [2.05, 4.69) is 0 Å². The van der Waals surface area contributed by atoms with E-state index in [4.69, 9.17) is 13.7 Å². The number of ether oxygens (including phenoxy) is 2. The van der Waals surface area contributed by atoms with Crippen molar-refractivity contribution >= 4 is 16.1 Å². The Bertz CT molecular complexity index is 624. The highest BCUT2D eigenvalue weighted by Crippen LogP contribution is 2.12. The Labute approximate surface area is 149 Å². The Morgan fingerprint density at radius 1 is 1.20 bits per heavy atom. The quantitative estimate of drug-likeness (QED) is 0.244. The fraction of sp³-hybridized carbons (Fsp3) is 0.500. The van der Waals surface area contributed by atoms with Gasteiger partial charge in [-0.15, -0.1) is 0 Å². The number of carbonyl (C=O) groups is 1. The zero-order valence-electron chi connectivity index (χ0n) is 14.7. The molecule has 140 valence electrons. The second-order valence-corrected chi connectivity index (χ2v) is 7.08. The summed E-state index contributed by atoms with van der Waals surface area (Å²) >= 11 is 0. The maximum absolute atomic E-state index is 11.4. The third-order valence-electron chi connectivity index (χ3n) is 3.20. The van der Waals surface area contributed by atoms with Crippen LogP contribution in [0, 0.1) is 0 Å². The lowest BCUT2D eigenvalue weighted by molar-refractivity contribution is -0.137. The zero-order chi connectivity index (χ0) is 18.5. The van der Waals surface area contributed by atoms with E-state index in [1.54, 1.807) is 13.0 Å². The first-order valence-electron chi connectivity index (χ1n) is 8.24. The molecule has 1 aromatic carbocycles. The second kappa shape index (κ2) is 11.8. The van der Waals surface area contributed by atoms with E-state index in [9.17, 15) is 13.2 Å². The Morgan fingerprint density at radius 3 is 2.56 bits per heavy atom. The van der Waals surface area contributed by atoms with E-state index in [0.29, 0.717) is 39.1 Å². The lowest BCUT2D eigenvalue weighted by Gasteiger charge is -2.15. The van der Waals surface area contributed by atoms with Gasteiger partial charge in [-0.2, -0.15) is 8.42 Å². The molecule has 1 aromatic rings. The van der Waals surface area contributed by atoms with Crippen LogP contribution in [-0.2, 0) is 35.2 Å². The predicted octanol–water partition coefficient (Wildman–Crippen LogP) is 2.84. The fourth-order valence-corrected chi connectivity index (χ4v) is 2.81. The molecule has 0 spiro atoms. The third-order valence-corrected chi connectivity index (χ3v) is 3.82. The van der Waals surface area contributed by atoms with Gasteiger partial charge in [-0.3, -0.25) is 4.18 Å². The Balaban J connectivity index is 2.38. The molecule has 0 saturated carbocycles. The molecule has 0 radical (unpaired) electrons. The van der Waals surface area contributed by atoms with E-state index in [-0.39, 0.29) is 0 Å². The van der Waals surface area contributed by atoms with Crippen LogP contribution in [-0.4, -0.2) is 40.0 Å². The summed E-state index contributed by atoms with van der Waals surface area (Å²) < 4.78 is 38.2. The van der Waals surface area contributed by atoms with E-state index >= 15 is 0 Å². The van der Waals surface area contributed by atoms with E-state index < -0.39 is 22.2 Å². The van der Waals surface area contributed by atoms with E-state index in [1.807, 2.05) is 30.3 Å². The van der Waals surface area contributed by atoms with Crippen molar-refractivity contribution < 1.29 is 26.9 Å². The minimum absolute atomic E-state index is 0.321. The molecule has 7 heteroatoms. The van der Waals surface area contributed by atoms with Gasteiger partial charge in [0.25, 0.3) is 10.1 Å². The summed E-state index contributed by atoms with van der Waals surface area (Å²) in [5, 5.41) is 0. The summed E-state index contributed by atoms with van der Waals surface area (Å²) in [5.41, 5.74) is 1.06. The van der Waals surface area contributed by atoms with Crippen LogP contribution in [0.2, 0.25) is 0 Å². The average molecular weight is 370 g/mol. The molecule has 0 N–H and O–H groups in total. The van der Waals surface area contributed by atoms with Gasteiger partial charge in [0.2, 0.25) is 0 Å². The molecule has 0 bridgehead atoms. The number of hydrogen-bond donors (Lipinski definition) is 0. The number of hydrogen-bond acceptors (Lipinski definition) is 6. The van der Waals surface area contributed by atoms with Crippen molar-refractivity contribution in [2.24, 2.45) is 0 Å². The van der Waals surface area contributed by atoms with Gasteiger partial charge >= 0.3 is 5.97 Å². The maximum Gasteiger partial charge on any atom is 0.330 e. The minimum Gasteiger partial charge on any atom is -0.463 e. The molecular formula is C18H26O6S. The first kappa shape index (κ1) is 21.3. The highest BCUT2D eigenvalue weighted by atomic mass is 32.2. The summed E-state index contributed by atoms with van der Waals surface area (Å²) in [5.74, 6) is -0.408. The second-order valence-electron chi connectivity index (χ2n) is 5.48. The standard InChI is InChI=1S/C18H26O6S/c1-3-23-18(19)12-8-7-11-17(24-25(2,20)21)13-14-22-15-16-9-5-4-6-10-16/h4-6,8-10,12,17H,3,7,11,13-15H2,1-2H3/b12-8+/t17-/m1/s1. The average Bonchev–Trinajstić information content (AvgIpc) is 2.55. The molecule has 6 nitrogen and oxygen atoms in total. The SMILES string of the molecule is CCOC(=O)/C=C/CC[C@H](CCOCc1ccccc1)OS(C)(=O)=O. The highest BCUT2D eigenvalue weighted by molar-refractivity contribution is 7.86. The molecular weight excluding hydrogens is 344 g/mol. The molecule has 0 amide bonds. The van der Waals surface area contributed by atoms with Crippen LogP contribution in [0.1, 0.15) is 31.7 Å². The molecule has 0 aliphatic rings. The van der Waals surface area contributed by atoms with Gasteiger partial charge in [-0.25, -0.2) is 4.79 Å². The van der Waals surface area contributed by atoms with Crippen molar-refractivity contribution in [3.8, 4) is 0 Å². The molecule has 0 saturated heterocycles. The largest absolute Gasteiger partial charge is 0.463 e. The lowest BCUT2D eigenvalue weighted by Crippen LogP contribution is -2.19. The zero-order valence-corrected chi connectivity index (χ0v) is 15.5. The highest BCUT2D eigenvalue weighted by Gasteiger charge is 2.15. The van der Waals surface area contributed by atoms with Crippen LogP contribution in [0.15, 0.2) is 42.5 Å². The topological polar surface area (TPSA) is 78.9 Å². The summed E-state index contributed by atoms with van der Waals surface area (Å²) in [4.78, 5) is 11.2. The van der Waals surface area contributed by atoms with Crippen molar-refractivity contribution in [2.75, 3.05) is 19.5 Å². The summed E-state index contributed by atoms with van der Waals surface area (Å²) in [6, 6.07) is 9.73. The van der Waals surface area contributed by atoms with Crippen LogP contribution >= 0.6 is 0 Å². The van der Waals surface area contributed by atoms with Gasteiger partial charge in [0.15, 0.2) is 0 Å².